The number of nitrogens with two attached hydrogens (primary N) is 1. The SMILES string of the molecule is COc1cccc(CNc2cccc(OCC(N)=O)c2)n1. The molecule has 0 saturated heterocycles. The summed E-state index contributed by atoms with van der Waals surface area (Å²) in [6, 6.07) is 12.9. The Morgan fingerprint density at radius 3 is 2.86 bits per heavy atom. The molecule has 1 aromatic carbocycles. The van der Waals surface area contributed by atoms with Crippen molar-refractivity contribution in [3.8, 4) is 11.6 Å². The van der Waals surface area contributed by atoms with Crippen molar-refractivity contribution in [2.45, 2.75) is 6.54 Å². The van der Waals surface area contributed by atoms with Gasteiger partial charge in [0, 0.05) is 17.8 Å². The highest BCUT2D eigenvalue weighted by Crippen LogP contribution is 2.18. The molecule has 0 bridgehead atoms. The van der Waals surface area contributed by atoms with E-state index in [4.69, 9.17) is 15.2 Å². The molecule has 0 radical (unpaired) electrons. The number of carbonyl (C=O) groups is 1. The summed E-state index contributed by atoms with van der Waals surface area (Å²) in [5.41, 5.74) is 6.76. The van der Waals surface area contributed by atoms with Gasteiger partial charge in [-0.15, -0.1) is 0 Å². The minimum absolute atomic E-state index is 0.138. The molecule has 1 heterocycles. The summed E-state index contributed by atoms with van der Waals surface area (Å²) < 4.78 is 10.3. The van der Waals surface area contributed by atoms with Gasteiger partial charge >= 0.3 is 0 Å². The van der Waals surface area contributed by atoms with Gasteiger partial charge in [0.2, 0.25) is 5.88 Å². The molecule has 6 nitrogen and oxygen atoms in total. The molecule has 0 unspecified atom stereocenters. The molecule has 2 rings (SSSR count). The van der Waals surface area contributed by atoms with Crippen LogP contribution in [0.1, 0.15) is 5.69 Å². The molecule has 0 aliphatic carbocycles. The van der Waals surface area contributed by atoms with E-state index in [2.05, 4.69) is 10.3 Å². The second-order valence-electron chi connectivity index (χ2n) is 4.31. The lowest BCUT2D eigenvalue weighted by Gasteiger charge is -2.09. The van der Waals surface area contributed by atoms with Crippen LogP contribution in [0.3, 0.4) is 0 Å². The van der Waals surface area contributed by atoms with Gasteiger partial charge in [-0.3, -0.25) is 4.79 Å². The summed E-state index contributed by atoms with van der Waals surface area (Å²) in [6.07, 6.45) is 0. The van der Waals surface area contributed by atoms with Crippen LogP contribution in [-0.2, 0) is 11.3 Å². The highest BCUT2D eigenvalue weighted by molar-refractivity contribution is 5.75. The van der Waals surface area contributed by atoms with Crippen molar-refractivity contribution >= 4 is 11.6 Å². The standard InChI is InChI=1S/C15H17N3O3/c1-20-15-7-3-5-12(18-15)9-17-11-4-2-6-13(8-11)21-10-14(16)19/h2-8,17H,9-10H2,1H3,(H2,16,19). The fourth-order valence-corrected chi connectivity index (χ4v) is 1.71. The van der Waals surface area contributed by atoms with E-state index in [0.717, 1.165) is 11.4 Å². The van der Waals surface area contributed by atoms with E-state index in [1.807, 2.05) is 24.3 Å². The lowest BCUT2D eigenvalue weighted by Crippen LogP contribution is -2.20. The van der Waals surface area contributed by atoms with Crippen molar-refractivity contribution in [1.82, 2.24) is 4.98 Å². The molecule has 6 heteroatoms. The minimum Gasteiger partial charge on any atom is -0.484 e. The fourth-order valence-electron chi connectivity index (χ4n) is 1.71. The first-order chi connectivity index (χ1) is 10.2. The van der Waals surface area contributed by atoms with Gasteiger partial charge in [-0.2, -0.15) is 0 Å². The van der Waals surface area contributed by atoms with Gasteiger partial charge in [-0.25, -0.2) is 4.98 Å². The average molecular weight is 287 g/mol. The number of methoxy groups -OCH3 is 1. The van der Waals surface area contributed by atoms with Crippen LogP contribution in [0.5, 0.6) is 11.6 Å². The zero-order valence-corrected chi connectivity index (χ0v) is 11.7. The number of primary amides is 1. The molecule has 110 valence electrons. The van der Waals surface area contributed by atoms with E-state index in [-0.39, 0.29) is 6.61 Å². The Bertz CT molecular complexity index is 617. The topological polar surface area (TPSA) is 86.5 Å². The van der Waals surface area contributed by atoms with E-state index in [9.17, 15) is 4.79 Å². The molecule has 0 saturated carbocycles. The third kappa shape index (κ3) is 4.68. The van der Waals surface area contributed by atoms with Crippen molar-refractivity contribution in [3.05, 3.63) is 48.2 Å². The number of amides is 1. The van der Waals surface area contributed by atoms with Crippen LogP contribution < -0.4 is 20.5 Å². The molecule has 21 heavy (non-hydrogen) atoms. The molecule has 0 aliphatic heterocycles. The first-order valence-corrected chi connectivity index (χ1v) is 6.42. The second kappa shape index (κ2) is 7.14. The Morgan fingerprint density at radius 1 is 1.29 bits per heavy atom. The monoisotopic (exact) mass is 287 g/mol. The first-order valence-electron chi connectivity index (χ1n) is 6.42. The minimum atomic E-state index is -0.506. The number of hydrogen-bond donors (Lipinski definition) is 2. The fraction of sp³-hybridized carbons (Fsp3) is 0.200. The summed E-state index contributed by atoms with van der Waals surface area (Å²) in [4.78, 5) is 15.0. The molecule has 0 aliphatic rings. The van der Waals surface area contributed by atoms with Crippen LogP contribution in [0.4, 0.5) is 5.69 Å². The molecular weight excluding hydrogens is 270 g/mol. The highest BCUT2D eigenvalue weighted by Gasteiger charge is 2.01. The Kier molecular flexibility index (Phi) is 4.98. The number of pyridine rings is 1. The van der Waals surface area contributed by atoms with Crippen LogP contribution in [0, 0.1) is 0 Å². The largest absolute Gasteiger partial charge is 0.484 e. The van der Waals surface area contributed by atoms with Crippen molar-refractivity contribution < 1.29 is 14.3 Å². The molecule has 3 N–H and O–H groups in total. The Hall–Kier alpha value is -2.76. The number of benzene rings is 1. The third-order valence-electron chi connectivity index (χ3n) is 2.68. The summed E-state index contributed by atoms with van der Waals surface area (Å²) in [6.45, 7) is 0.414. The van der Waals surface area contributed by atoms with Gasteiger partial charge < -0.3 is 20.5 Å². The molecule has 0 fully saturated rings. The Morgan fingerprint density at radius 2 is 2.10 bits per heavy atom. The molecule has 1 aromatic heterocycles. The molecular formula is C15H17N3O3. The molecule has 2 aromatic rings. The Balaban J connectivity index is 1.96. The number of anilines is 1. The number of aromatic nitrogens is 1. The quantitative estimate of drug-likeness (QED) is 0.807. The number of ether oxygens (including phenoxy) is 2. The number of carbonyl (C=O) groups excluding carboxylic acids is 1. The van der Waals surface area contributed by atoms with Gasteiger partial charge in [0.05, 0.1) is 19.3 Å². The second-order valence-corrected chi connectivity index (χ2v) is 4.31. The number of nitrogens with zero attached hydrogens (tertiary/aromatic N) is 1. The van der Waals surface area contributed by atoms with Crippen LogP contribution in [-0.4, -0.2) is 24.6 Å². The lowest BCUT2D eigenvalue weighted by atomic mass is 10.3. The van der Waals surface area contributed by atoms with Crippen LogP contribution in [0.15, 0.2) is 42.5 Å². The zero-order chi connectivity index (χ0) is 15.1. The van der Waals surface area contributed by atoms with Gasteiger partial charge in [0.15, 0.2) is 6.61 Å². The summed E-state index contributed by atoms with van der Waals surface area (Å²) in [5, 5.41) is 3.23. The molecule has 1 amide bonds. The highest BCUT2D eigenvalue weighted by atomic mass is 16.5. The van der Waals surface area contributed by atoms with E-state index >= 15 is 0 Å². The van der Waals surface area contributed by atoms with Crippen molar-refractivity contribution in [3.63, 3.8) is 0 Å². The molecule has 0 atom stereocenters. The predicted molar refractivity (Wildman–Crippen MR) is 79.2 cm³/mol. The van der Waals surface area contributed by atoms with Crippen molar-refractivity contribution in [1.29, 1.82) is 0 Å². The van der Waals surface area contributed by atoms with E-state index < -0.39 is 5.91 Å². The van der Waals surface area contributed by atoms with E-state index in [1.54, 1.807) is 25.3 Å². The summed E-state index contributed by atoms with van der Waals surface area (Å²) >= 11 is 0. The van der Waals surface area contributed by atoms with Crippen LogP contribution in [0.2, 0.25) is 0 Å². The van der Waals surface area contributed by atoms with Crippen LogP contribution in [0.25, 0.3) is 0 Å². The normalized spacial score (nSPS) is 9.95. The lowest BCUT2D eigenvalue weighted by molar-refractivity contribution is -0.119. The summed E-state index contributed by atoms with van der Waals surface area (Å²) in [7, 11) is 1.58. The zero-order valence-electron chi connectivity index (χ0n) is 11.7. The number of nitrogens with one attached hydrogen (secondary N) is 1. The smallest absolute Gasteiger partial charge is 0.255 e. The van der Waals surface area contributed by atoms with Crippen LogP contribution >= 0.6 is 0 Å². The maximum atomic E-state index is 10.7. The van der Waals surface area contributed by atoms with E-state index in [1.165, 1.54) is 0 Å². The van der Waals surface area contributed by atoms with Gasteiger partial charge in [0.1, 0.15) is 5.75 Å². The first kappa shape index (κ1) is 14.6. The van der Waals surface area contributed by atoms with Crippen molar-refractivity contribution in [2.24, 2.45) is 5.73 Å². The van der Waals surface area contributed by atoms with Gasteiger partial charge in [-0.05, 0) is 18.2 Å². The maximum absolute atomic E-state index is 10.7. The van der Waals surface area contributed by atoms with E-state index in [0.29, 0.717) is 18.2 Å². The maximum Gasteiger partial charge on any atom is 0.255 e. The Labute approximate surface area is 122 Å². The van der Waals surface area contributed by atoms with Crippen molar-refractivity contribution in [2.75, 3.05) is 19.0 Å². The van der Waals surface area contributed by atoms with Gasteiger partial charge in [0.25, 0.3) is 5.91 Å². The molecule has 0 spiro atoms. The average Bonchev–Trinajstić information content (AvgIpc) is 2.51. The van der Waals surface area contributed by atoms with Gasteiger partial charge in [-0.1, -0.05) is 12.1 Å². The summed E-state index contributed by atoms with van der Waals surface area (Å²) in [5.74, 6) is 0.652. The number of hydrogen-bond acceptors (Lipinski definition) is 5. The third-order valence-corrected chi connectivity index (χ3v) is 2.68. The number of rotatable bonds is 7. The predicted octanol–water partition coefficient (Wildman–Crippen LogP) is 1.57.